The molecule has 0 saturated heterocycles. The maximum atomic E-state index is 12.4. The van der Waals surface area contributed by atoms with Gasteiger partial charge in [-0.1, -0.05) is 118 Å². The summed E-state index contributed by atoms with van der Waals surface area (Å²) >= 11 is 11.3. The van der Waals surface area contributed by atoms with Gasteiger partial charge in [0.15, 0.2) is 54.4 Å². The van der Waals surface area contributed by atoms with Crippen LogP contribution in [0.2, 0.25) is 0 Å². The predicted molar refractivity (Wildman–Crippen MR) is 337 cm³/mol. The van der Waals surface area contributed by atoms with Gasteiger partial charge in [0.05, 0.1) is 69.4 Å². The zero-order chi connectivity index (χ0) is 69.8. The van der Waals surface area contributed by atoms with Gasteiger partial charge in [-0.25, -0.2) is 0 Å². The number of aliphatic hydroxyl groups excluding tert-OH is 3. The Hall–Kier alpha value is -3.84. The van der Waals surface area contributed by atoms with Gasteiger partial charge < -0.3 is 53.2 Å². The molecule has 0 spiro atoms. The molecule has 3 N–H and O–H groups in total. The van der Waals surface area contributed by atoms with Gasteiger partial charge in [0.2, 0.25) is 0 Å². The Morgan fingerprint density at radius 2 is 0.701 bits per heavy atom. The number of ketones is 4. The first kappa shape index (κ1) is 94.3. The second kappa shape index (κ2) is 48.9. The lowest BCUT2D eigenvalue weighted by atomic mass is 9.85. The molecule has 87 heavy (non-hydrogen) atoms. The number of halogens is 1. The lowest BCUT2D eigenvalue weighted by molar-refractivity contribution is -0.365. The number of rotatable bonds is 30. The molecule has 24 nitrogen and oxygen atoms in total. The van der Waals surface area contributed by atoms with Crippen LogP contribution < -0.4 is 0 Å². The van der Waals surface area contributed by atoms with E-state index in [1.54, 1.807) is 96.9 Å². The van der Waals surface area contributed by atoms with Crippen molar-refractivity contribution in [3.05, 3.63) is 0 Å². The van der Waals surface area contributed by atoms with Gasteiger partial charge in [-0.2, -0.15) is 0 Å². The minimum Gasteiger partial charge on any atom is -0.466 e. The number of ether oxygens (including phenoxy) is 8. The smallest absolute Gasteiger partial charge is 0.325 e. The molecule has 0 saturated carbocycles. The van der Waals surface area contributed by atoms with E-state index >= 15 is 0 Å². The van der Waals surface area contributed by atoms with E-state index in [2.05, 4.69) is 22.1 Å². The molecule has 0 aromatic heterocycles. The molecule has 1 atom stereocenters. The van der Waals surface area contributed by atoms with Gasteiger partial charge in [0.1, 0.15) is 19.4 Å². The topological polar surface area (TPSA) is 356 Å². The van der Waals surface area contributed by atoms with Gasteiger partial charge >= 0.3 is 29.8 Å². The maximum Gasteiger partial charge on any atom is 0.325 e. The van der Waals surface area contributed by atoms with Crippen LogP contribution in [0.5, 0.6) is 0 Å². The maximum absolute atomic E-state index is 12.4. The highest BCUT2D eigenvalue weighted by Crippen LogP contribution is 2.30. The molecule has 1 unspecified atom stereocenters. The molecule has 0 bridgehead atoms. The number of esters is 5. The number of Topliss-reactive ketones (excluding diaryl/α,β-unsaturated/α-hetero) is 4. The molecule has 0 aliphatic rings. The number of carbonyl (C=O) groups is 13. The van der Waals surface area contributed by atoms with Crippen molar-refractivity contribution >= 4 is 133 Å². The Morgan fingerprint density at radius 1 is 0.414 bits per heavy atom. The van der Waals surface area contributed by atoms with Crippen LogP contribution in [0, 0.1) is 32.5 Å². The summed E-state index contributed by atoms with van der Waals surface area (Å²) in [6, 6.07) is 0. The van der Waals surface area contributed by atoms with E-state index in [0.29, 0.717) is 26.4 Å². The molecule has 0 heterocycles. The van der Waals surface area contributed by atoms with E-state index in [0.717, 1.165) is 42.2 Å². The van der Waals surface area contributed by atoms with E-state index in [9.17, 15) is 77.6 Å². The summed E-state index contributed by atoms with van der Waals surface area (Å²) in [6.45, 7) is 35.4. The number of carbonyl (C=O) groups excluding carboxylic acids is 13. The summed E-state index contributed by atoms with van der Waals surface area (Å²) in [5, 5.41) is 27.6. The van der Waals surface area contributed by atoms with Gasteiger partial charge in [0, 0.05) is 55.3 Å². The molecule has 29 heteroatoms. The first-order valence-corrected chi connectivity index (χ1v) is 31.6. The van der Waals surface area contributed by atoms with Crippen LogP contribution in [0.4, 0.5) is 0 Å². The standard InChI is InChI=1S/C15H24O7S.C13H22O6S.C11H18O4S.C8H18O3.C6H9ClO3.C5H10OS/c1-6-21-12(19)15(8-16,9-22-10(2)17)11(18)7-23-13(20)14(3,4)5;1-5-19-10(17)13(7-14,8-15)9(16)6-20-11(18)12(2,3)4;1-5-15-9(13)6-8(12)7-16-10(14)11(2,3)4;1-5-9-8(4,10-6-2)11-7-3;1-2-10-6(9)3-5(8)4-7;1-5(2,3)4(6)7/h16H,6-9H2,1-5H3;14-15H,5-8H2,1-4H3;5-7H2,1-4H3;5-7H2,1-4H3;2-4H2,1H3;1-3H3,(H,6,7). The van der Waals surface area contributed by atoms with Crippen LogP contribution in [0.25, 0.3) is 0 Å². The van der Waals surface area contributed by atoms with Gasteiger partial charge in [-0.15, -0.1) is 24.2 Å². The molecule has 0 aliphatic carbocycles. The summed E-state index contributed by atoms with van der Waals surface area (Å²) in [5.74, 6) is -7.26. The van der Waals surface area contributed by atoms with Crippen LogP contribution in [-0.2, 0) is 100 Å². The molecule has 0 rings (SSSR count). The molecular formula is C58H101ClO24S4. The SMILES string of the molecule is CC(C)(C)C(=O)S.CCOC(=O)C(CO)(CO)C(=O)CSC(=O)C(C)(C)C.CCOC(=O)C(CO)(COC(C)=O)C(=O)CSC(=O)C(C)(C)C.CCOC(=O)CC(=O)CCl.CCOC(=O)CC(=O)CSC(=O)C(C)(C)C.CCOC(C)(OCC)OCC. The van der Waals surface area contributed by atoms with Crippen molar-refractivity contribution in [2.24, 2.45) is 32.5 Å². The molecule has 508 valence electrons. The van der Waals surface area contributed by atoms with Crippen LogP contribution in [0.1, 0.15) is 158 Å². The molecule has 0 aromatic carbocycles. The Morgan fingerprint density at radius 3 is 0.954 bits per heavy atom. The largest absolute Gasteiger partial charge is 0.466 e. The van der Waals surface area contributed by atoms with Crippen molar-refractivity contribution in [2.75, 3.05) is 95.8 Å². The zero-order valence-corrected chi connectivity index (χ0v) is 59.1. The second-order valence-electron chi connectivity index (χ2n) is 22.1. The molecular weight excluding hydrogens is 1240 g/mol. The fourth-order valence-corrected chi connectivity index (χ4v) is 7.64. The average molecular weight is 1350 g/mol. The third kappa shape index (κ3) is 45.1. The highest BCUT2D eigenvalue weighted by atomic mass is 35.5. The van der Waals surface area contributed by atoms with E-state index in [1.807, 2.05) is 41.5 Å². The quantitative estimate of drug-likeness (QED) is 0.0138. The third-order valence-corrected chi connectivity index (χ3v) is 14.8. The Labute approximate surface area is 538 Å². The Bertz CT molecular complexity index is 2120. The first-order valence-electron chi connectivity index (χ1n) is 27.7. The number of hydrogen-bond donors (Lipinski definition) is 4. The summed E-state index contributed by atoms with van der Waals surface area (Å²) < 4.78 is 39.2. The van der Waals surface area contributed by atoms with E-state index < -0.39 is 101 Å². The van der Waals surface area contributed by atoms with Crippen molar-refractivity contribution < 1.29 is 116 Å². The van der Waals surface area contributed by atoms with Gasteiger partial charge in [-0.05, 0) is 48.5 Å². The van der Waals surface area contributed by atoms with Crippen LogP contribution in [-0.4, -0.2) is 191 Å². The summed E-state index contributed by atoms with van der Waals surface area (Å²) in [7, 11) is 0. The Kier molecular flexibility index (Phi) is 53.0. The van der Waals surface area contributed by atoms with Gasteiger partial charge in [0.25, 0.3) is 5.97 Å². The van der Waals surface area contributed by atoms with Crippen molar-refractivity contribution in [1.82, 2.24) is 0 Å². The van der Waals surface area contributed by atoms with Crippen molar-refractivity contribution in [2.45, 2.75) is 164 Å². The van der Waals surface area contributed by atoms with E-state index in [4.69, 9.17) is 40.0 Å². The van der Waals surface area contributed by atoms with E-state index in [-0.39, 0.29) is 93.2 Å². The highest BCUT2D eigenvalue weighted by molar-refractivity contribution is 8.14. The number of alkyl halides is 1. The minimum atomic E-state index is -2.01. The Balaban J connectivity index is -0.000000235. The molecule has 0 aromatic rings. The fourth-order valence-electron chi connectivity index (χ4n) is 4.77. The summed E-state index contributed by atoms with van der Waals surface area (Å²) in [5.41, 5.74) is -6.01. The molecule has 0 amide bonds. The number of thiol groups is 1. The second-order valence-corrected chi connectivity index (χ2v) is 25.6. The van der Waals surface area contributed by atoms with Crippen LogP contribution in [0.15, 0.2) is 0 Å². The van der Waals surface area contributed by atoms with Gasteiger partial charge in [-0.3, -0.25) is 62.3 Å². The summed E-state index contributed by atoms with van der Waals surface area (Å²) in [4.78, 5) is 148. The molecule has 0 fully saturated rings. The van der Waals surface area contributed by atoms with E-state index in [1.165, 1.54) is 0 Å². The minimum absolute atomic E-state index is 0.00198. The highest BCUT2D eigenvalue weighted by Gasteiger charge is 2.49. The van der Waals surface area contributed by atoms with Crippen LogP contribution in [0.3, 0.4) is 0 Å². The number of aliphatic hydroxyl groups is 3. The predicted octanol–water partition coefficient (Wildman–Crippen LogP) is 7.18. The van der Waals surface area contributed by atoms with Crippen molar-refractivity contribution in [3.8, 4) is 0 Å². The fraction of sp³-hybridized carbons (Fsp3) is 0.776. The lowest BCUT2D eigenvalue weighted by Crippen LogP contribution is -2.49. The average Bonchev–Trinajstić information content (AvgIpc) is 2.47. The lowest BCUT2D eigenvalue weighted by Gasteiger charge is -2.27. The van der Waals surface area contributed by atoms with Crippen molar-refractivity contribution in [1.29, 1.82) is 0 Å². The summed E-state index contributed by atoms with van der Waals surface area (Å²) in [6.07, 6.45) is -0.463. The molecule has 0 radical (unpaired) electrons. The monoisotopic (exact) mass is 1340 g/mol. The number of hydrogen-bond acceptors (Lipinski definition) is 27. The molecule has 0 aliphatic heterocycles. The van der Waals surface area contributed by atoms with Crippen LogP contribution >= 0.6 is 59.5 Å². The first-order chi connectivity index (χ1) is 39.8. The third-order valence-electron chi connectivity index (χ3n) is 9.91. The number of thioether (sulfide) groups is 3. The normalized spacial score (nSPS) is 11.9. The van der Waals surface area contributed by atoms with Crippen molar-refractivity contribution in [3.63, 3.8) is 0 Å². The zero-order valence-electron chi connectivity index (χ0n) is 55.0.